The van der Waals surface area contributed by atoms with Crippen molar-refractivity contribution in [2.45, 2.75) is 74.7 Å². The Morgan fingerprint density at radius 3 is 2.77 bits per heavy atom. The number of ether oxygens (including phenoxy) is 2. The van der Waals surface area contributed by atoms with Crippen LogP contribution in [0, 0.1) is 17.8 Å². The zero-order valence-electron chi connectivity index (χ0n) is 27.2. The van der Waals surface area contributed by atoms with Gasteiger partial charge in [0.05, 0.1) is 23.6 Å². The van der Waals surface area contributed by atoms with E-state index in [4.69, 9.17) is 21.1 Å². The number of carbonyl (C=O) groups is 1. The molecule has 48 heavy (non-hydrogen) atoms. The minimum Gasteiger partial charge on any atom is -0.490 e. The predicted octanol–water partition coefficient (Wildman–Crippen LogP) is 5.35. The Kier molecular flexibility index (Phi) is 8.28. The summed E-state index contributed by atoms with van der Waals surface area (Å²) >= 11 is 6.45. The summed E-state index contributed by atoms with van der Waals surface area (Å²) in [6.07, 6.45) is 12.8. The van der Waals surface area contributed by atoms with Crippen molar-refractivity contribution in [3.8, 4) is 5.75 Å². The third kappa shape index (κ3) is 5.92. The summed E-state index contributed by atoms with van der Waals surface area (Å²) in [5, 5.41) is 4.56. The van der Waals surface area contributed by atoms with Crippen molar-refractivity contribution in [3.63, 3.8) is 0 Å². The van der Waals surface area contributed by atoms with Gasteiger partial charge in [0.1, 0.15) is 18.7 Å². The molecule has 1 N–H and O–H groups in total. The molecule has 6 atom stereocenters. The highest BCUT2D eigenvalue weighted by Crippen LogP contribution is 2.47. The van der Waals surface area contributed by atoms with Gasteiger partial charge in [-0.1, -0.05) is 29.8 Å². The van der Waals surface area contributed by atoms with Gasteiger partial charge in [0.2, 0.25) is 10.0 Å². The van der Waals surface area contributed by atoms with E-state index in [9.17, 15) is 13.2 Å². The molecule has 1 spiro atoms. The van der Waals surface area contributed by atoms with Crippen molar-refractivity contribution in [1.82, 2.24) is 19.5 Å². The first-order chi connectivity index (χ1) is 23.2. The smallest absolute Gasteiger partial charge is 0.264 e. The van der Waals surface area contributed by atoms with Crippen LogP contribution in [0.15, 0.2) is 54.9 Å². The van der Waals surface area contributed by atoms with Crippen LogP contribution >= 0.6 is 11.6 Å². The van der Waals surface area contributed by atoms with Crippen molar-refractivity contribution in [3.05, 3.63) is 82.4 Å². The molecule has 1 unspecified atom stereocenters. The fourth-order valence-corrected chi connectivity index (χ4v) is 10.5. The fraction of sp³-hybridized carbons (Fsp3) is 0.528. The monoisotopic (exact) mass is 691 g/mol. The minimum absolute atomic E-state index is 0.0462. The molecule has 0 saturated heterocycles. The van der Waals surface area contributed by atoms with E-state index in [1.807, 2.05) is 25.2 Å². The van der Waals surface area contributed by atoms with Crippen molar-refractivity contribution < 1.29 is 22.7 Å². The first-order valence-electron chi connectivity index (χ1n) is 17.2. The van der Waals surface area contributed by atoms with E-state index in [1.165, 1.54) is 11.1 Å². The molecule has 254 valence electrons. The predicted molar refractivity (Wildman–Crippen MR) is 183 cm³/mol. The van der Waals surface area contributed by atoms with Gasteiger partial charge in [-0.05, 0) is 111 Å². The van der Waals surface area contributed by atoms with Gasteiger partial charge in [-0.15, -0.1) is 0 Å². The zero-order chi connectivity index (χ0) is 33.0. The van der Waals surface area contributed by atoms with Crippen molar-refractivity contribution in [2.24, 2.45) is 24.8 Å². The van der Waals surface area contributed by atoms with Gasteiger partial charge in [-0.3, -0.25) is 9.48 Å². The summed E-state index contributed by atoms with van der Waals surface area (Å²) in [4.78, 5) is 20.3. The summed E-state index contributed by atoms with van der Waals surface area (Å²) in [6, 6.07) is 11.6. The zero-order valence-corrected chi connectivity index (χ0v) is 28.8. The van der Waals surface area contributed by atoms with Crippen LogP contribution in [-0.2, 0) is 40.3 Å². The van der Waals surface area contributed by atoms with Gasteiger partial charge >= 0.3 is 0 Å². The van der Waals surface area contributed by atoms with E-state index >= 15 is 0 Å². The number of sulfonamides is 1. The van der Waals surface area contributed by atoms with Gasteiger partial charge in [0, 0.05) is 36.1 Å². The summed E-state index contributed by atoms with van der Waals surface area (Å²) in [6.45, 7) is 2.28. The van der Waals surface area contributed by atoms with E-state index in [0.29, 0.717) is 55.7 Å². The number of anilines is 1. The number of allylic oxidation sites excluding steroid dienone is 1. The Labute approximate surface area is 286 Å². The largest absolute Gasteiger partial charge is 0.490 e. The average molecular weight is 692 g/mol. The Balaban J connectivity index is 1.17. The van der Waals surface area contributed by atoms with Gasteiger partial charge in [-0.2, -0.15) is 5.10 Å². The standard InChI is InChI=1S/C36H42ClN5O5S/c1-41-22-38-34(39-41)19-46-31-6-2-4-23-9-14-33(23)48(44,45)40-35(43)25-8-13-32-30(17-25)42(18-26-7-11-28(26)31)20-36(21-47-32)15-3-5-24-16-27(37)10-12-29(24)36/h2,6,8,10,12-13,16-17,22-23,26,28,31,33H,3-5,7,9,11,14-15,18-21H2,1H3,(H,40,43)/b6-2+/t23-,26-,28+,31-,33?,36-/m0/s1. The number of halogens is 1. The molecule has 5 aliphatic rings. The number of aromatic nitrogens is 3. The number of amides is 1. The summed E-state index contributed by atoms with van der Waals surface area (Å²) in [5.74, 6) is 1.31. The molecular formula is C36H42ClN5O5S. The second kappa shape index (κ2) is 12.5. The van der Waals surface area contributed by atoms with Crippen LogP contribution < -0.4 is 14.4 Å². The maximum absolute atomic E-state index is 13.5. The van der Waals surface area contributed by atoms with Gasteiger partial charge in [0.25, 0.3) is 5.91 Å². The molecule has 2 aliphatic heterocycles. The normalized spacial score (nSPS) is 31.5. The van der Waals surface area contributed by atoms with Gasteiger partial charge in [-0.25, -0.2) is 18.1 Å². The fourth-order valence-electron chi connectivity index (χ4n) is 8.60. The molecule has 2 saturated carbocycles. The minimum atomic E-state index is -3.86. The summed E-state index contributed by atoms with van der Waals surface area (Å²) < 4.78 is 44.1. The van der Waals surface area contributed by atoms with Crippen LogP contribution in [0.5, 0.6) is 5.75 Å². The Bertz CT molecular complexity index is 1860. The molecule has 3 aromatic rings. The first kappa shape index (κ1) is 31.8. The molecule has 3 aliphatic carbocycles. The van der Waals surface area contributed by atoms with E-state index < -0.39 is 21.2 Å². The number of nitrogens with one attached hydrogen (secondary N) is 1. The lowest BCUT2D eigenvalue weighted by Gasteiger charge is -2.46. The SMILES string of the molecule is Cn1cnc(CO[C@H]2/C=C/C[C@H]3CCC3S(=O)(=O)NC(=O)c3ccc4c(c3)N(C[C@@H]3CC[C@H]32)C[C@@]2(CCCc3cc(Cl)ccc32)CO4)n1. The van der Waals surface area contributed by atoms with Gasteiger partial charge < -0.3 is 14.4 Å². The number of aryl methyl sites for hydroxylation is 2. The Morgan fingerprint density at radius 2 is 2.00 bits per heavy atom. The van der Waals surface area contributed by atoms with E-state index in [2.05, 4.69) is 44.0 Å². The molecule has 2 aromatic carbocycles. The lowest BCUT2D eigenvalue weighted by Crippen LogP contribution is -2.50. The highest BCUT2D eigenvalue weighted by molar-refractivity contribution is 7.90. The third-order valence-electron chi connectivity index (χ3n) is 11.5. The molecule has 0 radical (unpaired) electrons. The van der Waals surface area contributed by atoms with Crippen LogP contribution in [0.3, 0.4) is 0 Å². The maximum atomic E-state index is 13.5. The van der Waals surface area contributed by atoms with Crippen LogP contribution in [0.25, 0.3) is 0 Å². The Morgan fingerprint density at radius 1 is 1.12 bits per heavy atom. The number of nitrogens with zero attached hydrogens (tertiary/aromatic N) is 4. The number of rotatable bonds is 3. The van der Waals surface area contributed by atoms with Gasteiger partial charge in [0.15, 0.2) is 5.82 Å². The summed E-state index contributed by atoms with van der Waals surface area (Å²) in [5.41, 5.74) is 3.41. The number of hydrogen-bond donors (Lipinski definition) is 1. The van der Waals surface area contributed by atoms with Crippen LogP contribution in [0.4, 0.5) is 5.69 Å². The van der Waals surface area contributed by atoms with Crippen LogP contribution in [0.1, 0.15) is 72.3 Å². The van der Waals surface area contributed by atoms with E-state index in [0.717, 1.165) is 55.8 Å². The molecule has 8 rings (SSSR count). The molecule has 3 heterocycles. The van der Waals surface area contributed by atoms with Crippen LogP contribution in [-0.4, -0.2) is 60.1 Å². The number of carbonyl (C=O) groups excluding carboxylic acids is 1. The number of fused-ring (bicyclic) bond motifs is 5. The van der Waals surface area contributed by atoms with Crippen molar-refractivity contribution in [1.29, 1.82) is 0 Å². The second-order valence-electron chi connectivity index (χ2n) is 14.4. The van der Waals surface area contributed by atoms with E-state index in [-0.39, 0.29) is 23.4 Å². The van der Waals surface area contributed by atoms with E-state index in [1.54, 1.807) is 17.1 Å². The quantitative estimate of drug-likeness (QED) is 0.366. The highest BCUT2D eigenvalue weighted by Gasteiger charge is 2.45. The number of benzene rings is 2. The van der Waals surface area contributed by atoms with Crippen molar-refractivity contribution >= 4 is 33.2 Å². The molecule has 2 bridgehead atoms. The lowest BCUT2D eigenvalue weighted by molar-refractivity contribution is -0.0249. The molecule has 1 amide bonds. The maximum Gasteiger partial charge on any atom is 0.264 e. The van der Waals surface area contributed by atoms with Crippen molar-refractivity contribution in [2.75, 3.05) is 24.6 Å². The summed E-state index contributed by atoms with van der Waals surface area (Å²) in [7, 11) is -2.01. The molecule has 2 fully saturated rings. The Hall–Kier alpha value is -3.41. The number of hydrogen-bond acceptors (Lipinski definition) is 8. The topological polar surface area (TPSA) is 116 Å². The molecule has 12 heteroatoms. The van der Waals surface area contributed by atoms with Crippen LogP contribution in [0.2, 0.25) is 5.02 Å². The lowest BCUT2D eigenvalue weighted by atomic mass is 9.68. The molecular weight excluding hydrogens is 650 g/mol. The third-order valence-corrected chi connectivity index (χ3v) is 13.6. The molecule has 1 aromatic heterocycles. The second-order valence-corrected chi connectivity index (χ2v) is 16.8. The first-order valence-corrected chi connectivity index (χ1v) is 19.1. The molecule has 10 nitrogen and oxygen atoms in total. The highest BCUT2D eigenvalue weighted by atomic mass is 35.5. The average Bonchev–Trinajstić information content (AvgIpc) is 3.38.